The maximum atomic E-state index is 12.7. The Hall–Kier alpha value is -2.91. The molecule has 1 unspecified atom stereocenters. The summed E-state index contributed by atoms with van der Waals surface area (Å²) in [6.45, 7) is 4.09. The maximum absolute atomic E-state index is 12.7. The molecule has 31 heavy (non-hydrogen) atoms. The van der Waals surface area contributed by atoms with Crippen LogP contribution in [0.2, 0.25) is 0 Å². The summed E-state index contributed by atoms with van der Waals surface area (Å²) < 4.78 is 4.92. The number of amides is 1. The number of thiophene rings is 1. The molecule has 0 saturated carbocycles. The van der Waals surface area contributed by atoms with Gasteiger partial charge in [0.15, 0.2) is 0 Å². The van der Waals surface area contributed by atoms with E-state index >= 15 is 0 Å². The standard InChI is InChI=1S/C22H22N4O3S2/c1-12-13(2)31-21-19(12)20(24-11-25-21)30-10-18(27)26-17(22(28)29-3)8-14-9-23-16-7-5-4-6-15(14)16/h4-7,9,11,17,23H,8,10H2,1-3H3,(H,26,27). The maximum Gasteiger partial charge on any atom is 0.328 e. The highest BCUT2D eigenvalue weighted by molar-refractivity contribution is 8.00. The smallest absolute Gasteiger partial charge is 0.328 e. The number of thioether (sulfide) groups is 1. The second-order valence-corrected chi connectivity index (χ2v) is 9.31. The Morgan fingerprint density at radius 2 is 2.06 bits per heavy atom. The first-order valence-corrected chi connectivity index (χ1v) is 11.5. The van der Waals surface area contributed by atoms with Crippen LogP contribution < -0.4 is 5.32 Å². The van der Waals surface area contributed by atoms with Crippen molar-refractivity contribution in [1.29, 1.82) is 0 Å². The number of fused-ring (bicyclic) bond motifs is 2. The van der Waals surface area contributed by atoms with E-state index in [1.165, 1.54) is 30.1 Å². The fourth-order valence-corrected chi connectivity index (χ4v) is 5.41. The number of carbonyl (C=O) groups excluding carboxylic acids is 2. The van der Waals surface area contributed by atoms with E-state index in [1.807, 2.05) is 37.4 Å². The summed E-state index contributed by atoms with van der Waals surface area (Å²) in [6.07, 6.45) is 3.72. The van der Waals surface area contributed by atoms with E-state index in [4.69, 9.17) is 4.74 Å². The zero-order chi connectivity index (χ0) is 22.0. The topological polar surface area (TPSA) is 97.0 Å². The highest BCUT2D eigenvalue weighted by atomic mass is 32.2. The molecule has 1 atom stereocenters. The summed E-state index contributed by atoms with van der Waals surface area (Å²) in [5.74, 6) is -0.587. The molecule has 0 aliphatic rings. The molecule has 1 aromatic carbocycles. The molecule has 9 heteroatoms. The summed E-state index contributed by atoms with van der Waals surface area (Å²) in [5.41, 5.74) is 3.06. The van der Waals surface area contributed by atoms with E-state index < -0.39 is 12.0 Å². The van der Waals surface area contributed by atoms with Crippen molar-refractivity contribution >= 4 is 56.1 Å². The number of para-hydroxylation sites is 1. The number of aromatic nitrogens is 3. The molecule has 0 spiro atoms. The Morgan fingerprint density at radius 3 is 2.87 bits per heavy atom. The average molecular weight is 455 g/mol. The zero-order valence-electron chi connectivity index (χ0n) is 17.4. The number of nitrogens with zero attached hydrogens (tertiary/aromatic N) is 2. The molecule has 0 bridgehead atoms. The lowest BCUT2D eigenvalue weighted by molar-refractivity contribution is -0.144. The van der Waals surface area contributed by atoms with E-state index in [0.717, 1.165) is 37.3 Å². The predicted molar refractivity (Wildman–Crippen MR) is 124 cm³/mol. The van der Waals surface area contributed by atoms with Crippen LogP contribution in [-0.2, 0) is 20.7 Å². The van der Waals surface area contributed by atoms with Gasteiger partial charge in [0.1, 0.15) is 22.2 Å². The van der Waals surface area contributed by atoms with Crippen LogP contribution in [0.15, 0.2) is 41.8 Å². The van der Waals surface area contributed by atoms with Gasteiger partial charge in [-0.3, -0.25) is 4.79 Å². The van der Waals surface area contributed by atoms with Gasteiger partial charge in [-0.15, -0.1) is 11.3 Å². The molecule has 0 fully saturated rings. The molecule has 3 heterocycles. The number of esters is 1. The number of hydrogen-bond acceptors (Lipinski definition) is 7. The minimum absolute atomic E-state index is 0.141. The highest BCUT2D eigenvalue weighted by Gasteiger charge is 2.24. The van der Waals surface area contributed by atoms with Crippen molar-refractivity contribution in [3.05, 3.63) is 52.8 Å². The summed E-state index contributed by atoms with van der Waals surface area (Å²) in [7, 11) is 1.32. The quantitative estimate of drug-likeness (QED) is 0.251. The summed E-state index contributed by atoms with van der Waals surface area (Å²) in [4.78, 5) is 39.0. The summed E-state index contributed by atoms with van der Waals surface area (Å²) in [6, 6.07) is 7.07. The van der Waals surface area contributed by atoms with Crippen LogP contribution >= 0.6 is 23.1 Å². The Morgan fingerprint density at radius 1 is 1.26 bits per heavy atom. The Bertz CT molecular complexity index is 1260. The number of hydrogen-bond donors (Lipinski definition) is 2. The third-order valence-corrected chi connectivity index (χ3v) is 7.30. The van der Waals surface area contributed by atoms with Crippen LogP contribution in [0.4, 0.5) is 0 Å². The number of carbonyl (C=O) groups is 2. The van der Waals surface area contributed by atoms with Crippen molar-refractivity contribution in [3.8, 4) is 0 Å². The monoisotopic (exact) mass is 454 g/mol. The number of aryl methyl sites for hydroxylation is 2. The number of methoxy groups -OCH3 is 1. The fourth-order valence-electron chi connectivity index (χ4n) is 3.49. The number of H-pyrrole nitrogens is 1. The van der Waals surface area contributed by atoms with Crippen LogP contribution in [0, 0.1) is 13.8 Å². The van der Waals surface area contributed by atoms with Gasteiger partial charge in [-0.2, -0.15) is 0 Å². The van der Waals surface area contributed by atoms with E-state index in [-0.39, 0.29) is 11.7 Å². The van der Waals surface area contributed by atoms with Crippen LogP contribution in [0.3, 0.4) is 0 Å². The Kier molecular flexibility index (Phi) is 6.24. The molecule has 7 nitrogen and oxygen atoms in total. The molecule has 3 aromatic heterocycles. The molecular formula is C22H22N4O3S2. The van der Waals surface area contributed by atoms with E-state index in [0.29, 0.717) is 6.42 Å². The lowest BCUT2D eigenvalue weighted by atomic mass is 10.0. The molecule has 1 amide bonds. The molecule has 2 N–H and O–H groups in total. The third kappa shape index (κ3) is 4.42. The van der Waals surface area contributed by atoms with Crippen molar-refractivity contribution in [2.45, 2.75) is 31.3 Å². The normalized spacial score (nSPS) is 12.2. The molecule has 0 aliphatic heterocycles. The number of aromatic amines is 1. The Balaban J connectivity index is 1.47. The van der Waals surface area contributed by atoms with Crippen LogP contribution in [0.5, 0.6) is 0 Å². The first-order chi connectivity index (χ1) is 15.0. The average Bonchev–Trinajstić information content (AvgIpc) is 3.32. The molecule has 0 aliphatic carbocycles. The molecule has 4 rings (SSSR count). The van der Waals surface area contributed by atoms with Gasteiger partial charge in [0.2, 0.25) is 5.91 Å². The number of benzene rings is 1. The van der Waals surface area contributed by atoms with Gasteiger partial charge in [-0.1, -0.05) is 30.0 Å². The fraction of sp³-hybridized carbons (Fsp3) is 0.273. The molecule has 4 aromatic rings. The lowest BCUT2D eigenvalue weighted by Crippen LogP contribution is -2.43. The number of nitrogens with one attached hydrogen (secondary N) is 2. The lowest BCUT2D eigenvalue weighted by Gasteiger charge is -2.16. The second-order valence-electron chi connectivity index (χ2n) is 7.14. The number of rotatable bonds is 7. The van der Waals surface area contributed by atoms with E-state index in [2.05, 4.69) is 27.2 Å². The van der Waals surface area contributed by atoms with Gasteiger partial charge >= 0.3 is 5.97 Å². The predicted octanol–water partition coefficient (Wildman–Crippen LogP) is 3.78. The van der Waals surface area contributed by atoms with Crippen molar-refractivity contribution in [2.75, 3.05) is 12.9 Å². The van der Waals surface area contributed by atoms with Crippen molar-refractivity contribution in [1.82, 2.24) is 20.3 Å². The SMILES string of the molecule is COC(=O)C(Cc1c[nH]c2ccccc12)NC(=O)CSc1ncnc2sc(C)c(C)c12. The largest absolute Gasteiger partial charge is 0.467 e. The van der Waals surface area contributed by atoms with E-state index in [9.17, 15) is 9.59 Å². The number of ether oxygens (including phenoxy) is 1. The van der Waals surface area contributed by atoms with Crippen molar-refractivity contribution < 1.29 is 14.3 Å². The summed E-state index contributed by atoms with van der Waals surface area (Å²) in [5, 5.41) is 5.60. The minimum Gasteiger partial charge on any atom is -0.467 e. The van der Waals surface area contributed by atoms with Gasteiger partial charge in [-0.05, 0) is 31.0 Å². The van der Waals surface area contributed by atoms with Crippen molar-refractivity contribution in [3.63, 3.8) is 0 Å². The molecule has 0 radical (unpaired) electrons. The molecule has 160 valence electrons. The van der Waals surface area contributed by atoms with Gasteiger partial charge in [0, 0.05) is 33.8 Å². The second kappa shape index (κ2) is 9.07. The third-order valence-electron chi connectivity index (χ3n) is 5.19. The minimum atomic E-state index is -0.771. The van der Waals surface area contributed by atoms with Crippen molar-refractivity contribution in [2.24, 2.45) is 0 Å². The molecule has 0 saturated heterocycles. The highest BCUT2D eigenvalue weighted by Crippen LogP contribution is 2.34. The van der Waals surface area contributed by atoms with Crippen LogP contribution in [0.25, 0.3) is 21.1 Å². The zero-order valence-corrected chi connectivity index (χ0v) is 19.0. The van der Waals surface area contributed by atoms with Crippen LogP contribution in [-0.4, -0.2) is 45.7 Å². The van der Waals surface area contributed by atoms with Gasteiger partial charge in [0.25, 0.3) is 0 Å². The summed E-state index contributed by atoms with van der Waals surface area (Å²) >= 11 is 2.96. The Labute approximate surface area is 187 Å². The molecular weight excluding hydrogens is 432 g/mol. The van der Waals surface area contributed by atoms with Gasteiger partial charge in [0.05, 0.1) is 12.9 Å². The first-order valence-electron chi connectivity index (χ1n) is 9.73. The first kappa shape index (κ1) is 21.3. The van der Waals surface area contributed by atoms with E-state index in [1.54, 1.807) is 11.3 Å². The van der Waals surface area contributed by atoms with Crippen LogP contribution in [0.1, 0.15) is 16.0 Å². The van der Waals surface area contributed by atoms with Gasteiger partial charge < -0.3 is 15.0 Å². The van der Waals surface area contributed by atoms with Gasteiger partial charge in [-0.25, -0.2) is 14.8 Å².